The molecule has 1 N–H and O–H groups in total. The van der Waals surface area contributed by atoms with Crippen LogP contribution in [0.25, 0.3) is 0 Å². The molecule has 1 aromatic carbocycles. The number of halogens is 1. The second kappa shape index (κ2) is 3.22. The van der Waals surface area contributed by atoms with Crippen LogP contribution in [0.5, 0.6) is 5.75 Å². The van der Waals surface area contributed by atoms with Crippen LogP contribution in [-0.2, 0) is 0 Å². The second-order valence-electron chi connectivity index (χ2n) is 2.76. The van der Waals surface area contributed by atoms with Crippen molar-refractivity contribution >= 4 is 17.3 Å². The Hall–Kier alpha value is -1.29. The molecule has 70 valence electrons. The molecule has 0 aliphatic heterocycles. The van der Waals surface area contributed by atoms with Gasteiger partial charge in [-0.15, -0.1) is 0 Å². The highest BCUT2D eigenvalue weighted by Gasteiger charge is 2.18. The van der Waals surface area contributed by atoms with Crippen LogP contribution in [0.15, 0.2) is 6.07 Å². The molecular formula is C8H8ClNO3. The molecule has 4 nitrogen and oxygen atoms in total. The van der Waals surface area contributed by atoms with Gasteiger partial charge in [-0.2, -0.15) is 0 Å². The van der Waals surface area contributed by atoms with E-state index in [1.54, 1.807) is 6.92 Å². The lowest BCUT2D eigenvalue weighted by Crippen LogP contribution is -1.93. The zero-order valence-corrected chi connectivity index (χ0v) is 7.92. The van der Waals surface area contributed by atoms with Gasteiger partial charge in [-0.25, -0.2) is 0 Å². The van der Waals surface area contributed by atoms with Crippen molar-refractivity contribution in [2.75, 3.05) is 0 Å². The number of nitrogens with zero attached hydrogens (tertiary/aromatic N) is 1. The van der Waals surface area contributed by atoms with Gasteiger partial charge in [0.2, 0.25) is 0 Å². The highest BCUT2D eigenvalue weighted by Crippen LogP contribution is 2.35. The lowest BCUT2D eigenvalue weighted by Gasteiger charge is -2.04. The average molecular weight is 202 g/mol. The van der Waals surface area contributed by atoms with Gasteiger partial charge < -0.3 is 5.11 Å². The fourth-order valence-electron chi connectivity index (χ4n) is 1.03. The minimum absolute atomic E-state index is 0.0479. The van der Waals surface area contributed by atoms with E-state index in [0.29, 0.717) is 5.56 Å². The van der Waals surface area contributed by atoms with E-state index in [0.717, 1.165) is 0 Å². The zero-order chi connectivity index (χ0) is 10.2. The van der Waals surface area contributed by atoms with Crippen LogP contribution >= 0.6 is 11.6 Å². The Morgan fingerprint density at radius 1 is 1.54 bits per heavy atom. The summed E-state index contributed by atoms with van der Waals surface area (Å²) in [5, 5.41) is 19.9. The van der Waals surface area contributed by atoms with Crippen LogP contribution < -0.4 is 0 Å². The van der Waals surface area contributed by atoms with Crippen molar-refractivity contribution in [3.8, 4) is 5.75 Å². The summed E-state index contributed by atoms with van der Waals surface area (Å²) in [4.78, 5) is 9.98. The molecule has 0 saturated heterocycles. The van der Waals surface area contributed by atoms with Crippen molar-refractivity contribution in [1.29, 1.82) is 0 Å². The van der Waals surface area contributed by atoms with Crippen molar-refractivity contribution in [2.45, 2.75) is 13.8 Å². The molecule has 0 spiro atoms. The summed E-state index contributed by atoms with van der Waals surface area (Å²) in [5.74, 6) is -0.0928. The number of nitro benzene ring substituents is 1. The van der Waals surface area contributed by atoms with E-state index >= 15 is 0 Å². The first-order chi connectivity index (χ1) is 5.95. The molecule has 5 heteroatoms. The van der Waals surface area contributed by atoms with Crippen LogP contribution in [0.1, 0.15) is 11.1 Å². The summed E-state index contributed by atoms with van der Waals surface area (Å²) in [6, 6.07) is 1.30. The summed E-state index contributed by atoms with van der Waals surface area (Å²) in [5.41, 5.74) is 0.623. The summed E-state index contributed by atoms with van der Waals surface area (Å²) in [6.45, 7) is 3.06. The first kappa shape index (κ1) is 9.80. The normalized spacial score (nSPS) is 10.1. The number of rotatable bonds is 1. The van der Waals surface area contributed by atoms with E-state index in [-0.39, 0.29) is 22.0 Å². The third kappa shape index (κ3) is 1.58. The van der Waals surface area contributed by atoms with Crippen LogP contribution in [0.3, 0.4) is 0 Å². The number of aryl methyl sites for hydroxylation is 1. The molecule has 0 unspecified atom stereocenters. The molecule has 0 fully saturated rings. The topological polar surface area (TPSA) is 63.4 Å². The van der Waals surface area contributed by atoms with Gasteiger partial charge in [-0.1, -0.05) is 11.6 Å². The highest BCUT2D eigenvalue weighted by atomic mass is 35.5. The van der Waals surface area contributed by atoms with Gasteiger partial charge in [0.05, 0.1) is 9.95 Å². The van der Waals surface area contributed by atoms with Gasteiger partial charge in [0.1, 0.15) is 5.75 Å². The van der Waals surface area contributed by atoms with Crippen molar-refractivity contribution < 1.29 is 10.0 Å². The fourth-order valence-corrected chi connectivity index (χ4v) is 1.28. The third-order valence-corrected chi connectivity index (χ3v) is 2.31. The Balaban J connectivity index is 3.50. The van der Waals surface area contributed by atoms with Gasteiger partial charge in [-0.3, -0.25) is 10.1 Å². The standard InChI is InChI=1S/C8H8ClNO3/c1-4-3-6(10(12)13)5(2)7(9)8(4)11/h3,11H,1-2H3. The van der Waals surface area contributed by atoms with Crippen LogP contribution in [0, 0.1) is 24.0 Å². The molecule has 0 heterocycles. The van der Waals surface area contributed by atoms with Gasteiger partial charge >= 0.3 is 0 Å². The quantitative estimate of drug-likeness (QED) is 0.561. The lowest BCUT2D eigenvalue weighted by atomic mass is 10.1. The smallest absolute Gasteiger partial charge is 0.274 e. The molecular weight excluding hydrogens is 194 g/mol. The Kier molecular flexibility index (Phi) is 2.43. The Morgan fingerprint density at radius 3 is 2.54 bits per heavy atom. The summed E-state index contributed by atoms with van der Waals surface area (Å²) in [6.07, 6.45) is 0. The maximum absolute atomic E-state index is 10.5. The number of benzene rings is 1. The first-order valence-corrected chi connectivity index (χ1v) is 3.96. The van der Waals surface area contributed by atoms with E-state index in [4.69, 9.17) is 11.6 Å². The van der Waals surface area contributed by atoms with Crippen LogP contribution in [0.2, 0.25) is 5.02 Å². The van der Waals surface area contributed by atoms with Crippen molar-refractivity contribution in [2.24, 2.45) is 0 Å². The number of phenols is 1. The van der Waals surface area contributed by atoms with E-state index in [1.165, 1.54) is 13.0 Å². The Morgan fingerprint density at radius 2 is 2.08 bits per heavy atom. The van der Waals surface area contributed by atoms with E-state index in [1.807, 2.05) is 0 Å². The van der Waals surface area contributed by atoms with Crippen LogP contribution in [-0.4, -0.2) is 10.0 Å². The Bertz CT molecular complexity index is 376. The molecule has 0 amide bonds. The van der Waals surface area contributed by atoms with E-state index in [9.17, 15) is 15.2 Å². The maximum atomic E-state index is 10.5. The van der Waals surface area contributed by atoms with Gasteiger partial charge in [0, 0.05) is 11.6 Å². The molecule has 0 saturated carbocycles. The predicted molar refractivity (Wildman–Crippen MR) is 49.2 cm³/mol. The molecule has 0 aliphatic rings. The van der Waals surface area contributed by atoms with Crippen LogP contribution in [0.4, 0.5) is 5.69 Å². The predicted octanol–water partition coefficient (Wildman–Crippen LogP) is 2.57. The number of hydrogen-bond donors (Lipinski definition) is 1. The van der Waals surface area contributed by atoms with Crippen molar-refractivity contribution in [3.63, 3.8) is 0 Å². The number of hydrogen-bond acceptors (Lipinski definition) is 3. The van der Waals surface area contributed by atoms with Gasteiger partial charge in [0.15, 0.2) is 0 Å². The number of nitro groups is 1. The molecule has 0 aromatic heterocycles. The monoisotopic (exact) mass is 201 g/mol. The second-order valence-corrected chi connectivity index (χ2v) is 3.14. The number of phenolic OH excluding ortho intramolecular Hbond substituents is 1. The molecule has 0 aliphatic carbocycles. The molecule has 0 radical (unpaired) electrons. The average Bonchev–Trinajstić information content (AvgIpc) is 2.07. The van der Waals surface area contributed by atoms with Gasteiger partial charge in [0.25, 0.3) is 5.69 Å². The molecule has 13 heavy (non-hydrogen) atoms. The first-order valence-electron chi connectivity index (χ1n) is 3.58. The molecule has 0 bridgehead atoms. The highest BCUT2D eigenvalue weighted by molar-refractivity contribution is 6.33. The Labute approximate surface area is 79.9 Å². The van der Waals surface area contributed by atoms with E-state index < -0.39 is 4.92 Å². The summed E-state index contributed by atoms with van der Waals surface area (Å²) in [7, 11) is 0. The van der Waals surface area contributed by atoms with Crippen molar-refractivity contribution in [3.05, 3.63) is 32.3 Å². The van der Waals surface area contributed by atoms with Gasteiger partial charge in [-0.05, 0) is 19.4 Å². The van der Waals surface area contributed by atoms with Crippen molar-refractivity contribution in [1.82, 2.24) is 0 Å². The maximum Gasteiger partial charge on any atom is 0.274 e. The lowest BCUT2D eigenvalue weighted by molar-refractivity contribution is -0.385. The molecule has 0 atom stereocenters. The molecule has 1 rings (SSSR count). The fraction of sp³-hybridized carbons (Fsp3) is 0.250. The largest absolute Gasteiger partial charge is 0.506 e. The summed E-state index contributed by atoms with van der Waals surface area (Å²) >= 11 is 5.68. The third-order valence-electron chi connectivity index (χ3n) is 1.84. The zero-order valence-electron chi connectivity index (χ0n) is 7.17. The SMILES string of the molecule is Cc1cc([N+](=O)[O-])c(C)c(Cl)c1O. The molecule has 1 aromatic rings. The minimum Gasteiger partial charge on any atom is -0.506 e. The number of aromatic hydroxyl groups is 1. The minimum atomic E-state index is -0.520. The summed E-state index contributed by atoms with van der Waals surface area (Å²) < 4.78 is 0. The van der Waals surface area contributed by atoms with E-state index in [2.05, 4.69) is 0 Å².